The van der Waals surface area contributed by atoms with Crippen LogP contribution in [0.1, 0.15) is 70.5 Å². The van der Waals surface area contributed by atoms with Crippen LogP contribution in [0.4, 0.5) is 140 Å². The average Bonchev–Trinajstić information content (AvgIpc) is 1.42. The number of carbonyl (C=O) groups is 1. The summed E-state index contributed by atoms with van der Waals surface area (Å²) in [6, 6.07) is 35.4. The smallest absolute Gasteiger partial charge is 0.388 e. The Kier molecular flexibility index (Phi) is 44.8. The topological polar surface area (TPSA) is 544 Å². The van der Waals surface area contributed by atoms with E-state index in [1.54, 1.807) is 123 Å². The first-order valence-electron chi connectivity index (χ1n) is 43.2. The van der Waals surface area contributed by atoms with E-state index in [2.05, 4.69) is 133 Å². The quantitative estimate of drug-likeness (QED) is 0.0177. The van der Waals surface area contributed by atoms with Gasteiger partial charge >= 0.3 is 24.6 Å². The second kappa shape index (κ2) is 55.7. The number of aromatic amines is 2. The number of benzene rings is 3. The van der Waals surface area contributed by atoms with Crippen molar-refractivity contribution >= 4 is 109 Å². The van der Waals surface area contributed by atoms with E-state index in [0.717, 1.165) is 77.6 Å². The zero-order chi connectivity index (χ0) is 108. The summed E-state index contributed by atoms with van der Waals surface area (Å²) in [7, 11) is 16.2. The van der Waals surface area contributed by atoms with Crippen LogP contribution in [0.3, 0.4) is 0 Å². The number of pyridine rings is 4. The molecule has 7 heterocycles. The lowest BCUT2D eigenvalue weighted by Crippen LogP contribution is -2.38. The van der Waals surface area contributed by atoms with Crippen molar-refractivity contribution in [3.8, 4) is 0 Å². The molecule has 1 aliphatic heterocycles. The van der Waals surface area contributed by atoms with E-state index in [-0.39, 0.29) is 45.2 Å². The number of halogens is 11. The van der Waals surface area contributed by atoms with Crippen LogP contribution in [-0.4, -0.2) is 147 Å². The van der Waals surface area contributed by atoms with Crippen LogP contribution in [-0.2, 0) is 38.5 Å². The summed E-state index contributed by atoms with van der Waals surface area (Å²) in [5.41, 5.74) is 0.585. The number of imidazole rings is 1. The van der Waals surface area contributed by atoms with Gasteiger partial charge in [0.2, 0.25) is 5.95 Å². The summed E-state index contributed by atoms with van der Waals surface area (Å²) in [5.74, 6) is 1.54. The largest absolute Gasteiger partial charge is 0.416 e. The fourth-order valence-corrected chi connectivity index (χ4v) is 12.2. The number of rotatable bonds is 26. The molecule has 145 heavy (non-hydrogen) atoms. The number of nitrogens with one attached hydrogen (secondary N) is 18. The van der Waals surface area contributed by atoms with E-state index < -0.39 is 107 Å². The molecule has 50 heteroatoms. The van der Waals surface area contributed by atoms with Crippen molar-refractivity contribution in [1.82, 2.24) is 55.4 Å². The molecule has 2 amide bonds. The number of hydrogen-bond donors (Lipinski definition) is 18. The standard InChI is InChI=1S/C12H12N2O2.C11H8F3N3O2.2C11H11N3O2.C10H9N3O2.C9H10F3N.C7H7ClFN.C7H7F3N2O2.C7H12N2.C6H9N3O.C4H8N2O/c1-13-9-10(12(16)11(9)15)14-7-8-5-3-2-4-6-8;1-15-7-8(10(19)9(7)18)17-6-4-5(2-3-16-6)11(12,13)14;1-12-8-9(11(16)10(8)15)14-6-7-2-4-13-5-3-7;1-12-8-9(11(16)10(8)15)14-6-7-4-2-3-5-13-7;1-11-7-8(10(15)9(7)14)13-6-3-2-4-12-5-6;1-13-6-7-3-2-4-8(5-7)9(10,11)12;1-10-5-2-3-6(8)7(9)4-5;1-11-3-4(6(14)5(3)13)12-2-7(8,9)10;1-5(2)7-8-4-6(3)9-7;1-4-3-5(10)9-6(7-2)8-4;1-6-3-2-5-4(6)7/h2-6,13-14H,7H2,1H3;2-4,15H,1H3,(H,16,17);2*2-5,12,14H,6H2,1H3;2-5,11,13H,1H3;2-5,13H,6H2,1H3;2-4,10H,1H3;11-12H,2H2,1H3;4-5H,1-3H3,(H,8,9);3H,1-2H3,(H2,7,8,9,10);2-3H2,1H3,(H,5,7). The summed E-state index contributed by atoms with van der Waals surface area (Å²) in [6.45, 7) is 10.3. The molecule has 15 aromatic rings. The van der Waals surface area contributed by atoms with Crippen molar-refractivity contribution in [2.45, 2.75) is 78.3 Å². The highest BCUT2D eigenvalue weighted by Crippen LogP contribution is 2.33. The third-order valence-corrected chi connectivity index (χ3v) is 20.0. The van der Waals surface area contributed by atoms with Crippen molar-refractivity contribution in [2.24, 2.45) is 0 Å². The maximum Gasteiger partial charge on any atom is 0.416 e. The molecule has 0 unspecified atom stereocenters. The number of urea groups is 1. The number of anilines is 16. The molecule has 9 aromatic carbocycles. The Morgan fingerprint density at radius 1 is 0.407 bits per heavy atom. The summed E-state index contributed by atoms with van der Waals surface area (Å²) < 4.78 is 122. The van der Waals surface area contributed by atoms with Gasteiger partial charge in [0.15, 0.2) is 0 Å². The van der Waals surface area contributed by atoms with Gasteiger partial charge in [-0.2, -0.15) is 39.5 Å². The fourth-order valence-electron chi connectivity index (χ4n) is 12.1. The van der Waals surface area contributed by atoms with Crippen LogP contribution in [0, 0.1) is 19.7 Å². The van der Waals surface area contributed by atoms with Gasteiger partial charge in [-0.05, 0) is 110 Å². The maximum atomic E-state index is 12.6. The third kappa shape index (κ3) is 34.7. The normalized spacial score (nSPS) is 11.1. The molecular formula is C95H104ClF10N25O14. The number of amides is 2. The number of likely N-dealkylation sites (N-methyl/N-ethyl adjacent to an activating group) is 1. The number of carbonyl (C=O) groups excluding carboxylic acids is 1. The lowest BCUT2D eigenvalue weighted by molar-refractivity contribution is -0.138. The molecule has 39 nitrogen and oxygen atoms in total. The Labute approximate surface area is 823 Å². The van der Waals surface area contributed by atoms with Crippen molar-refractivity contribution in [1.29, 1.82) is 0 Å². The van der Waals surface area contributed by atoms with E-state index in [0.29, 0.717) is 100 Å². The number of H-pyrrole nitrogens is 2. The monoisotopic (exact) mass is 2040 g/mol. The predicted octanol–water partition coefficient (Wildman–Crippen LogP) is 10.4. The highest BCUT2D eigenvalue weighted by Gasteiger charge is 2.34. The minimum Gasteiger partial charge on any atom is -0.388 e. The first-order chi connectivity index (χ1) is 68.6. The van der Waals surface area contributed by atoms with E-state index in [1.807, 2.05) is 79.1 Å². The Bertz CT molecular complexity index is 7010. The maximum absolute atomic E-state index is 12.6. The fraction of sp³-hybridized carbons (Fsp3) is 0.263. The molecular weight excluding hydrogens is 1940 g/mol. The zero-order valence-electron chi connectivity index (χ0n) is 80.3. The van der Waals surface area contributed by atoms with E-state index in [4.69, 9.17) is 11.6 Å². The molecule has 6 aromatic heterocycles. The van der Waals surface area contributed by atoms with Crippen LogP contribution < -0.4 is 156 Å². The van der Waals surface area contributed by atoms with Crippen molar-refractivity contribution < 1.29 is 48.7 Å². The van der Waals surface area contributed by atoms with Gasteiger partial charge in [-0.3, -0.25) is 82.3 Å². The number of nitrogens with zero attached hydrogens (tertiary/aromatic N) is 7. The van der Waals surface area contributed by atoms with Crippen LogP contribution in [0.15, 0.2) is 239 Å². The number of aryl methyl sites for hydroxylation is 2. The minimum absolute atomic E-state index is 0.0317. The molecule has 0 spiro atoms. The lowest BCUT2D eigenvalue weighted by atomic mass is 10.1. The molecule has 0 radical (unpaired) electrons. The van der Waals surface area contributed by atoms with Crippen LogP contribution in [0.25, 0.3) is 0 Å². The zero-order valence-corrected chi connectivity index (χ0v) is 81.0. The summed E-state index contributed by atoms with van der Waals surface area (Å²) in [4.78, 5) is 185. The SMILES string of the molecule is CN1CCNC1=O.CNCc1cccc(C(F)(F)F)c1.CNc1c(NCC(F)(F)F)c(=O)c1=O.CNc1c(NCc2ccccc2)c(=O)c1=O.CNc1c(NCc2ccccn2)c(=O)c1=O.CNc1c(NCc2ccncc2)c(=O)c1=O.CNc1c(Nc2cc(C(F)(F)F)ccn2)c(=O)c1=O.CNc1c(Nc2cccnc2)c(=O)c1=O.CNc1ccc(Cl)c(F)c1.CNc1nc(C)cc(=O)[nH]1.Cc1cnc(C(C)C)[nH]1. The lowest BCUT2D eigenvalue weighted by Gasteiger charge is -2.13. The molecule has 0 atom stereocenters. The van der Waals surface area contributed by atoms with Crippen molar-refractivity contribution in [2.75, 3.05) is 165 Å². The van der Waals surface area contributed by atoms with Crippen molar-refractivity contribution in [3.63, 3.8) is 0 Å². The van der Waals surface area contributed by atoms with Crippen LogP contribution >= 0.6 is 11.6 Å². The van der Waals surface area contributed by atoms with Gasteiger partial charge in [0, 0.05) is 162 Å². The van der Waals surface area contributed by atoms with Crippen molar-refractivity contribution in [3.05, 3.63) is 371 Å². The molecule has 770 valence electrons. The molecule has 1 aliphatic rings. The minimum atomic E-state index is -4.50. The summed E-state index contributed by atoms with van der Waals surface area (Å²) in [6.07, 6.45) is -2.09. The summed E-state index contributed by atoms with van der Waals surface area (Å²) in [5, 5.41) is 42.7. The molecule has 0 saturated carbocycles. The third-order valence-electron chi connectivity index (χ3n) is 19.7. The second-order valence-corrected chi connectivity index (χ2v) is 30.8. The van der Waals surface area contributed by atoms with Gasteiger partial charge in [-0.25, -0.2) is 24.1 Å². The van der Waals surface area contributed by atoms with Gasteiger partial charge in [-0.1, -0.05) is 80.0 Å². The van der Waals surface area contributed by atoms with E-state index in [1.165, 1.54) is 38.4 Å². The van der Waals surface area contributed by atoms with Crippen LogP contribution in [0.2, 0.25) is 5.02 Å². The first-order valence-corrected chi connectivity index (χ1v) is 43.6. The number of aromatic nitrogens is 8. The molecule has 0 bridgehead atoms. The van der Waals surface area contributed by atoms with E-state index in [9.17, 15) is 111 Å². The molecule has 1 fully saturated rings. The summed E-state index contributed by atoms with van der Waals surface area (Å²) >= 11 is 5.43. The predicted molar refractivity (Wildman–Crippen MR) is 545 cm³/mol. The van der Waals surface area contributed by atoms with Gasteiger partial charge in [0.25, 0.3) is 70.7 Å². The van der Waals surface area contributed by atoms with Crippen LogP contribution in [0.5, 0.6) is 0 Å². The average molecular weight is 2050 g/mol. The molecule has 1 saturated heterocycles. The number of alkyl halides is 9. The van der Waals surface area contributed by atoms with E-state index >= 15 is 0 Å². The Morgan fingerprint density at radius 3 is 1.29 bits per heavy atom. The Morgan fingerprint density at radius 2 is 0.883 bits per heavy atom. The molecule has 16 rings (SSSR count). The van der Waals surface area contributed by atoms with Gasteiger partial charge in [0.1, 0.15) is 92.3 Å². The Balaban J connectivity index is 0.000000246. The second-order valence-electron chi connectivity index (χ2n) is 30.4. The number of hydrogen-bond acceptors (Lipinski definition) is 35. The van der Waals surface area contributed by atoms with Gasteiger partial charge in [0.05, 0.1) is 40.3 Å². The van der Waals surface area contributed by atoms with Gasteiger partial charge in [-0.15, -0.1) is 0 Å². The molecule has 0 aliphatic carbocycles. The first kappa shape index (κ1) is 117. The molecule has 18 N–H and O–H groups in total. The van der Waals surface area contributed by atoms with Gasteiger partial charge < -0.3 is 95.0 Å². The highest BCUT2D eigenvalue weighted by molar-refractivity contribution is 6.30. The Hall–Kier alpha value is -17.2. The highest BCUT2D eigenvalue weighted by atomic mass is 35.5.